The molecule has 0 unspecified atom stereocenters. The number of halogens is 2. The third-order valence-electron chi connectivity index (χ3n) is 9.19. The molecule has 6 rings (SSSR count). The van der Waals surface area contributed by atoms with E-state index in [2.05, 4.69) is 10.3 Å². The molecule has 0 bridgehead atoms. The van der Waals surface area contributed by atoms with E-state index in [1.165, 1.54) is 28.4 Å². The highest BCUT2D eigenvalue weighted by Gasteiger charge is 2.57. The molecule has 1 amide bonds. The first-order valence-electron chi connectivity index (χ1n) is 15.4. The Kier molecular flexibility index (Phi) is 8.95. The van der Waals surface area contributed by atoms with E-state index in [4.69, 9.17) is 9.73 Å². The molecule has 4 heterocycles. The number of amides is 1. The topological polar surface area (TPSA) is 124 Å². The normalized spacial score (nSPS) is 23.0. The Labute approximate surface area is 274 Å². The number of rotatable bonds is 9. The number of aryl methyl sites for hydroxylation is 1. The summed E-state index contributed by atoms with van der Waals surface area (Å²) in [4.78, 5) is 51.0. The van der Waals surface area contributed by atoms with Crippen molar-refractivity contribution in [3.05, 3.63) is 97.9 Å². The molecule has 0 aliphatic carbocycles. The van der Waals surface area contributed by atoms with Crippen molar-refractivity contribution < 1.29 is 33.0 Å². The molecule has 0 spiro atoms. The fourth-order valence-corrected chi connectivity index (χ4v) is 7.24. The maximum Gasteiger partial charge on any atom is 0.338 e. The molecule has 2 N–H and O–H groups in total. The second-order valence-corrected chi connectivity index (χ2v) is 13.0. The second-order valence-electron chi connectivity index (χ2n) is 12.1. The van der Waals surface area contributed by atoms with Gasteiger partial charge in [0.1, 0.15) is 11.9 Å². The fraction of sp³-hybridized carbons (Fsp3) is 0.382. The van der Waals surface area contributed by atoms with Gasteiger partial charge in [-0.2, -0.15) is 0 Å². The van der Waals surface area contributed by atoms with Crippen LogP contribution in [0.1, 0.15) is 57.0 Å². The summed E-state index contributed by atoms with van der Waals surface area (Å²) in [6.45, 7) is 6.34. The Morgan fingerprint density at radius 3 is 2.70 bits per heavy atom. The monoisotopic (exact) mass is 663 g/mol. The van der Waals surface area contributed by atoms with E-state index in [0.29, 0.717) is 33.2 Å². The number of alkyl halides is 1. The van der Waals surface area contributed by atoms with Crippen LogP contribution >= 0.6 is 11.3 Å². The summed E-state index contributed by atoms with van der Waals surface area (Å²) >= 11 is 1.37. The highest BCUT2D eigenvalue weighted by molar-refractivity contribution is 7.11. The molecule has 3 aromatic rings. The van der Waals surface area contributed by atoms with Crippen molar-refractivity contribution in [2.24, 2.45) is 10.9 Å². The molecular formula is C34H35F2N5O5S. The maximum atomic E-state index is 16.4. The first kappa shape index (κ1) is 32.5. The van der Waals surface area contributed by atoms with Crippen molar-refractivity contribution in [2.45, 2.75) is 45.4 Å². The van der Waals surface area contributed by atoms with Gasteiger partial charge in [-0.05, 0) is 61.2 Å². The summed E-state index contributed by atoms with van der Waals surface area (Å²) in [6, 6.07) is 8.51. The summed E-state index contributed by atoms with van der Waals surface area (Å²) in [5.74, 6) is -2.80. The minimum atomic E-state index is -2.03. The van der Waals surface area contributed by atoms with Crippen molar-refractivity contribution in [3.63, 3.8) is 0 Å². The van der Waals surface area contributed by atoms with Gasteiger partial charge in [0.2, 0.25) is 0 Å². The van der Waals surface area contributed by atoms with E-state index < -0.39 is 41.3 Å². The highest BCUT2D eigenvalue weighted by Crippen LogP contribution is 2.41. The van der Waals surface area contributed by atoms with Gasteiger partial charge in [-0.15, -0.1) is 11.3 Å². The number of carboxylic acids is 1. The van der Waals surface area contributed by atoms with Crippen molar-refractivity contribution in [1.29, 1.82) is 0 Å². The standard InChI is InChI=1S/C34H35F2N5O5S/c1-4-46-32(44)27-26(38-29(30-37-11-13-47-30)39-28(27)24-6-5-7-25(35)20(24)3)18-40-12-10-34(36)23(16-40)17-41(33(34)45)15-22-9-8-21(31(42)43)14-19(22)2/h5-9,11,13-14,23,28H,4,10,12,15-18H2,1-3H3,(H,38,39)(H,42,43)/t23-,28-,34+/m0/s1. The van der Waals surface area contributed by atoms with Gasteiger partial charge in [0.25, 0.3) is 5.91 Å². The van der Waals surface area contributed by atoms with E-state index in [1.807, 2.05) is 10.3 Å². The molecule has 246 valence electrons. The quantitative estimate of drug-likeness (QED) is 0.319. The highest BCUT2D eigenvalue weighted by atomic mass is 32.1. The molecular weight excluding hydrogens is 628 g/mol. The molecule has 2 saturated heterocycles. The van der Waals surface area contributed by atoms with E-state index in [9.17, 15) is 23.9 Å². The molecule has 2 aromatic carbocycles. The average molecular weight is 664 g/mol. The average Bonchev–Trinajstić information content (AvgIpc) is 3.66. The van der Waals surface area contributed by atoms with Gasteiger partial charge in [-0.1, -0.05) is 18.2 Å². The number of likely N-dealkylation sites (tertiary alicyclic amines) is 2. The molecule has 47 heavy (non-hydrogen) atoms. The number of hydrogen-bond donors (Lipinski definition) is 2. The number of thiazole rings is 1. The minimum Gasteiger partial charge on any atom is -0.478 e. The SMILES string of the molecule is CCOC(=O)C1=C(CN2CC[C@]3(F)C(=O)N(Cc4ccc(C(=O)O)cc4C)C[C@@H]3C2)NC(c2nccs2)=N[C@H]1c1cccc(F)c1C. The second kappa shape index (κ2) is 13.0. The summed E-state index contributed by atoms with van der Waals surface area (Å²) < 4.78 is 36.6. The van der Waals surface area contributed by atoms with Crippen LogP contribution in [0.25, 0.3) is 0 Å². The summed E-state index contributed by atoms with van der Waals surface area (Å²) in [5, 5.41) is 15.0. The van der Waals surface area contributed by atoms with Gasteiger partial charge in [0.05, 0.1) is 17.7 Å². The number of nitrogens with zero attached hydrogens (tertiary/aromatic N) is 4. The number of carboxylic acid groups (broad SMARTS) is 1. The molecule has 3 atom stereocenters. The van der Waals surface area contributed by atoms with E-state index >= 15 is 4.39 Å². The predicted octanol–water partition coefficient (Wildman–Crippen LogP) is 4.58. The van der Waals surface area contributed by atoms with Crippen LogP contribution in [0.5, 0.6) is 0 Å². The van der Waals surface area contributed by atoms with E-state index in [0.717, 1.165) is 5.56 Å². The fourth-order valence-electron chi connectivity index (χ4n) is 6.65. The third-order valence-corrected chi connectivity index (χ3v) is 9.97. The number of esters is 1. The van der Waals surface area contributed by atoms with Gasteiger partial charge >= 0.3 is 11.9 Å². The van der Waals surface area contributed by atoms with Crippen LogP contribution < -0.4 is 5.32 Å². The lowest BCUT2D eigenvalue weighted by atomic mass is 9.84. The molecule has 1 aromatic heterocycles. The van der Waals surface area contributed by atoms with Gasteiger partial charge in [0, 0.05) is 62.3 Å². The Morgan fingerprint density at radius 1 is 1.19 bits per heavy atom. The van der Waals surface area contributed by atoms with Crippen molar-refractivity contribution >= 4 is 35.0 Å². The summed E-state index contributed by atoms with van der Waals surface area (Å²) in [6.07, 6.45) is 1.62. The van der Waals surface area contributed by atoms with Crippen molar-refractivity contribution in [3.8, 4) is 0 Å². The number of carbonyl (C=O) groups is 3. The number of fused-ring (bicyclic) bond motifs is 1. The minimum absolute atomic E-state index is 0.0220. The largest absolute Gasteiger partial charge is 0.478 e. The number of aromatic nitrogens is 1. The molecule has 3 aliphatic rings. The van der Waals surface area contributed by atoms with Crippen LogP contribution in [0.3, 0.4) is 0 Å². The first-order chi connectivity index (χ1) is 22.5. The van der Waals surface area contributed by atoms with Crippen LogP contribution in [0.4, 0.5) is 8.78 Å². The lowest BCUT2D eigenvalue weighted by Gasteiger charge is -2.38. The zero-order valence-corrected chi connectivity index (χ0v) is 27.1. The Bertz CT molecular complexity index is 1790. The number of ether oxygens (including phenoxy) is 1. The molecule has 13 heteroatoms. The Balaban J connectivity index is 1.28. The number of carbonyl (C=O) groups excluding carboxylic acids is 2. The molecule has 0 saturated carbocycles. The van der Waals surface area contributed by atoms with E-state index in [-0.39, 0.29) is 56.9 Å². The predicted molar refractivity (Wildman–Crippen MR) is 171 cm³/mol. The zero-order chi connectivity index (χ0) is 33.5. The van der Waals surface area contributed by atoms with Crippen LogP contribution in [0.15, 0.2) is 64.2 Å². The number of nitrogens with one attached hydrogen (secondary N) is 1. The number of hydrogen-bond acceptors (Lipinski definition) is 9. The number of benzene rings is 2. The molecule has 0 radical (unpaired) electrons. The maximum absolute atomic E-state index is 16.4. The smallest absolute Gasteiger partial charge is 0.338 e. The third kappa shape index (κ3) is 6.17. The molecule has 10 nitrogen and oxygen atoms in total. The van der Waals surface area contributed by atoms with E-state index in [1.54, 1.807) is 51.2 Å². The lowest BCUT2D eigenvalue weighted by molar-refractivity contribution is -0.141. The lowest BCUT2D eigenvalue weighted by Crippen LogP contribution is -2.52. The summed E-state index contributed by atoms with van der Waals surface area (Å²) in [7, 11) is 0. The van der Waals surface area contributed by atoms with Crippen LogP contribution in [0.2, 0.25) is 0 Å². The Morgan fingerprint density at radius 2 is 2.00 bits per heavy atom. The van der Waals surface area contributed by atoms with Gasteiger partial charge in [0.15, 0.2) is 16.5 Å². The van der Waals surface area contributed by atoms with Crippen molar-refractivity contribution in [1.82, 2.24) is 20.1 Å². The molecule has 3 aliphatic heterocycles. The number of piperidine rings is 1. The van der Waals surface area contributed by atoms with Gasteiger partial charge < -0.3 is 20.1 Å². The number of aliphatic imine (C=N–C) groups is 1. The van der Waals surface area contributed by atoms with Gasteiger partial charge in [-0.3, -0.25) is 14.7 Å². The molecule has 2 fully saturated rings. The number of amidine groups is 1. The Hall–Kier alpha value is -4.49. The number of aromatic carboxylic acids is 1. The van der Waals surface area contributed by atoms with Crippen LogP contribution in [0, 0.1) is 25.6 Å². The first-order valence-corrected chi connectivity index (χ1v) is 16.3. The van der Waals surface area contributed by atoms with Crippen LogP contribution in [-0.4, -0.2) is 82.0 Å². The van der Waals surface area contributed by atoms with Crippen LogP contribution in [-0.2, 0) is 20.9 Å². The van der Waals surface area contributed by atoms with Gasteiger partial charge in [-0.25, -0.2) is 23.4 Å². The zero-order valence-electron chi connectivity index (χ0n) is 26.3. The summed E-state index contributed by atoms with van der Waals surface area (Å²) in [5.41, 5.74) is 1.21. The van der Waals surface area contributed by atoms with Crippen molar-refractivity contribution in [2.75, 3.05) is 32.8 Å².